The van der Waals surface area contributed by atoms with Gasteiger partial charge in [0.1, 0.15) is 0 Å². The molecule has 2 aromatic rings. The van der Waals surface area contributed by atoms with Crippen molar-refractivity contribution in [2.24, 2.45) is 0 Å². The molecule has 0 fully saturated rings. The number of Topliss-reactive ketones (excluding diaryl/α,β-unsaturated/α-hetero) is 1. The Labute approximate surface area is 156 Å². The third-order valence-corrected chi connectivity index (χ3v) is 5.60. The second kappa shape index (κ2) is 9.35. The largest absolute Gasteiger partial charge is 0.466 e. The smallest absolute Gasteiger partial charge is 0.295 e. The molecule has 2 aromatic heterocycles. The third-order valence-electron chi connectivity index (χ3n) is 3.66. The molecular formula is C17H25N3O3S2. The minimum atomic E-state index is 0.0657. The average Bonchev–Trinajstić information content (AvgIpc) is 3.11. The monoisotopic (exact) mass is 383 g/mol. The van der Waals surface area contributed by atoms with Crippen LogP contribution in [0.5, 0.6) is 5.19 Å². The van der Waals surface area contributed by atoms with E-state index in [4.69, 9.17) is 9.47 Å². The van der Waals surface area contributed by atoms with Crippen LogP contribution in [0.1, 0.15) is 42.0 Å². The molecule has 0 aromatic carbocycles. The Kier molecular flexibility index (Phi) is 7.46. The molecule has 0 atom stereocenters. The molecule has 0 unspecified atom stereocenters. The van der Waals surface area contributed by atoms with Crippen molar-refractivity contribution in [1.82, 2.24) is 14.8 Å². The van der Waals surface area contributed by atoms with E-state index in [9.17, 15) is 4.79 Å². The maximum atomic E-state index is 12.6. The molecule has 138 valence electrons. The molecule has 6 nitrogen and oxygen atoms in total. The number of hydrogen-bond acceptors (Lipinski definition) is 7. The Hall–Kier alpha value is -1.38. The van der Waals surface area contributed by atoms with Crippen LogP contribution in [-0.2, 0) is 11.3 Å². The van der Waals surface area contributed by atoms with Gasteiger partial charge in [-0.25, -0.2) is 0 Å². The highest BCUT2D eigenvalue weighted by molar-refractivity contribution is 8.01. The highest BCUT2D eigenvalue weighted by atomic mass is 32.2. The molecule has 25 heavy (non-hydrogen) atoms. The summed E-state index contributed by atoms with van der Waals surface area (Å²) in [6.45, 7) is 9.49. The van der Waals surface area contributed by atoms with Gasteiger partial charge in [0.25, 0.3) is 5.19 Å². The van der Waals surface area contributed by atoms with E-state index in [0.29, 0.717) is 17.6 Å². The second-order valence-electron chi connectivity index (χ2n) is 6.00. The summed E-state index contributed by atoms with van der Waals surface area (Å²) in [6.07, 6.45) is 0.995. The van der Waals surface area contributed by atoms with Gasteiger partial charge in [-0.15, -0.1) is 5.10 Å². The predicted molar refractivity (Wildman–Crippen MR) is 101 cm³/mol. The molecule has 2 rings (SSSR count). The molecule has 0 spiro atoms. The summed E-state index contributed by atoms with van der Waals surface area (Å²) in [5.41, 5.74) is 2.90. The molecule has 0 amide bonds. The summed E-state index contributed by atoms with van der Waals surface area (Å²) in [7, 11) is 1.70. The fourth-order valence-corrected chi connectivity index (χ4v) is 4.19. The molecule has 0 saturated heterocycles. The Morgan fingerprint density at radius 2 is 2.12 bits per heavy atom. The van der Waals surface area contributed by atoms with E-state index in [1.807, 2.05) is 33.8 Å². The van der Waals surface area contributed by atoms with Crippen LogP contribution in [0.3, 0.4) is 0 Å². The summed E-state index contributed by atoms with van der Waals surface area (Å²) in [5, 5.41) is 8.59. The van der Waals surface area contributed by atoms with Gasteiger partial charge in [-0.2, -0.15) is 0 Å². The van der Waals surface area contributed by atoms with E-state index in [1.165, 1.54) is 23.1 Å². The molecule has 0 bridgehead atoms. The number of thioether (sulfide) groups is 1. The molecule has 0 radical (unpaired) electrons. The van der Waals surface area contributed by atoms with Gasteiger partial charge in [-0.05, 0) is 51.5 Å². The van der Waals surface area contributed by atoms with Crippen LogP contribution in [0.25, 0.3) is 0 Å². The van der Waals surface area contributed by atoms with Crippen molar-refractivity contribution < 1.29 is 14.3 Å². The van der Waals surface area contributed by atoms with Crippen molar-refractivity contribution in [1.29, 1.82) is 0 Å². The number of rotatable bonds is 10. The van der Waals surface area contributed by atoms with Crippen molar-refractivity contribution >= 4 is 28.9 Å². The first kappa shape index (κ1) is 19.9. The van der Waals surface area contributed by atoms with Gasteiger partial charge in [0, 0.05) is 37.2 Å². The Morgan fingerprint density at radius 3 is 2.80 bits per heavy atom. The number of ether oxygens (including phenoxy) is 2. The van der Waals surface area contributed by atoms with Crippen molar-refractivity contribution in [3.63, 3.8) is 0 Å². The number of aromatic nitrogens is 3. The number of methoxy groups -OCH3 is 1. The van der Waals surface area contributed by atoms with Gasteiger partial charge in [0.05, 0.1) is 11.9 Å². The van der Waals surface area contributed by atoms with E-state index in [-0.39, 0.29) is 11.9 Å². The SMILES string of the molecule is COCCCn1c(C)cc(C(=O)CSc2nnc(OC(C)C)s2)c1C. The maximum absolute atomic E-state index is 12.6. The van der Waals surface area contributed by atoms with Crippen LogP contribution in [0.2, 0.25) is 0 Å². The van der Waals surface area contributed by atoms with E-state index in [0.717, 1.165) is 34.3 Å². The normalized spacial score (nSPS) is 11.3. The maximum Gasteiger partial charge on any atom is 0.295 e. The molecule has 2 heterocycles. The van der Waals surface area contributed by atoms with Gasteiger partial charge in [0.15, 0.2) is 10.1 Å². The first-order valence-electron chi connectivity index (χ1n) is 8.24. The summed E-state index contributed by atoms with van der Waals surface area (Å²) in [5.74, 6) is 0.455. The summed E-state index contributed by atoms with van der Waals surface area (Å²) in [4.78, 5) is 12.6. The Morgan fingerprint density at radius 1 is 1.36 bits per heavy atom. The van der Waals surface area contributed by atoms with Gasteiger partial charge >= 0.3 is 0 Å². The van der Waals surface area contributed by atoms with Crippen LogP contribution in [0.4, 0.5) is 0 Å². The number of aryl methyl sites for hydroxylation is 1. The zero-order valence-electron chi connectivity index (χ0n) is 15.4. The van der Waals surface area contributed by atoms with Crippen LogP contribution < -0.4 is 4.74 Å². The lowest BCUT2D eigenvalue weighted by molar-refractivity contribution is 0.102. The van der Waals surface area contributed by atoms with Crippen LogP contribution in [0, 0.1) is 13.8 Å². The summed E-state index contributed by atoms with van der Waals surface area (Å²) >= 11 is 2.77. The summed E-state index contributed by atoms with van der Waals surface area (Å²) in [6, 6.07) is 1.97. The lowest BCUT2D eigenvalue weighted by atomic mass is 10.2. The first-order valence-corrected chi connectivity index (χ1v) is 10.0. The number of carbonyl (C=O) groups is 1. The van der Waals surface area contributed by atoms with E-state index >= 15 is 0 Å². The van der Waals surface area contributed by atoms with Crippen LogP contribution >= 0.6 is 23.1 Å². The van der Waals surface area contributed by atoms with Gasteiger partial charge in [0.2, 0.25) is 0 Å². The number of carbonyl (C=O) groups excluding carboxylic acids is 1. The number of ketones is 1. The van der Waals surface area contributed by atoms with Gasteiger partial charge in [-0.1, -0.05) is 16.9 Å². The third kappa shape index (κ3) is 5.55. The first-order chi connectivity index (χ1) is 11.9. The van der Waals surface area contributed by atoms with Crippen molar-refractivity contribution in [2.45, 2.75) is 51.1 Å². The molecule has 8 heteroatoms. The Balaban J connectivity index is 1.96. The molecule has 0 aliphatic carbocycles. The molecule has 0 aliphatic heterocycles. The number of nitrogens with zero attached hydrogens (tertiary/aromatic N) is 3. The Bertz CT molecular complexity index is 710. The molecule has 0 N–H and O–H groups in total. The van der Waals surface area contributed by atoms with E-state index in [2.05, 4.69) is 14.8 Å². The predicted octanol–water partition coefficient (Wildman–Crippen LogP) is 3.76. The standard InChI is InChI=1S/C17H25N3O3S2/c1-11(2)23-16-18-19-17(25-16)24-10-15(21)14-9-12(3)20(13(14)4)7-6-8-22-5/h9,11H,6-8,10H2,1-5H3. The van der Waals surface area contributed by atoms with Crippen molar-refractivity contribution in [3.05, 3.63) is 23.0 Å². The quantitative estimate of drug-likeness (QED) is 0.354. The van der Waals surface area contributed by atoms with E-state index < -0.39 is 0 Å². The highest BCUT2D eigenvalue weighted by Crippen LogP contribution is 2.28. The van der Waals surface area contributed by atoms with E-state index in [1.54, 1.807) is 7.11 Å². The fraction of sp³-hybridized carbons (Fsp3) is 0.588. The van der Waals surface area contributed by atoms with Crippen molar-refractivity contribution in [2.75, 3.05) is 19.5 Å². The van der Waals surface area contributed by atoms with Crippen LogP contribution in [-0.4, -0.2) is 46.1 Å². The van der Waals surface area contributed by atoms with Gasteiger partial charge in [-0.3, -0.25) is 4.79 Å². The minimum Gasteiger partial charge on any atom is -0.466 e. The molecule has 0 saturated carbocycles. The minimum absolute atomic E-state index is 0.0657. The fourth-order valence-electron chi connectivity index (χ4n) is 2.50. The summed E-state index contributed by atoms with van der Waals surface area (Å²) < 4.78 is 13.5. The van der Waals surface area contributed by atoms with Crippen LogP contribution in [0.15, 0.2) is 10.4 Å². The van der Waals surface area contributed by atoms with Gasteiger partial charge < -0.3 is 14.0 Å². The lowest BCUT2D eigenvalue weighted by Gasteiger charge is -2.09. The highest BCUT2D eigenvalue weighted by Gasteiger charge is 2.17. The number of hydrogen-bond donors (Lipinski definition) is 0. The van der Waals surface area contributed by atoms with Crippen molar-refractivity contribution in [3.8, 4) is 5.19 Å². The topological polar surface area (TPSA) is 66.2 Å². The second-order valence-corrected chi connectivity index (χ2v) is 8.16. The molecular weight excluding hydrogens is 358 g/mol. The lowest BCUT2D eigenvalue weighted by Crippen LogP contribution is -2.08. The zero-order valence-corrected chi connectivity index (χ0v) is 17.0. The molecule has 0 aliphatic rings. The average molecular weight is 384 g/mol. The zero-order chi connectivity index (χ0) is 18.4.